The van der Waals surface area contributed by atoms with Crippen molar-refractivity contribution in [2.75, 3.05) is 0 Å². The maximum absolute atomic E-state index is 13.2. The first-order valence-electron chi connectivity index (χ1n) is 6.70. The van der Waals surface area contributed by atoms with Crippen LogP contribution >= 0.6 is 11.8 Å². The fraction of sp³-hybridized carbons (Fsp3) is 0.133. The molecule has 1 atom stereocenters. The molecule has 0 saturated carbocycles. The molecule has 3 aromatic rings. The van der Waals surface area contributed by atoms with E-state index in [4.69, 9.17) is 0 Å². The normalized spacial score (nSPS) is 12.5. The molecule has 1 unspecified atom stereocenters. The Labute approximate surface area is 133 Å². The Bertz CT molecular complexity index is 859. The number of thioether (sulfide) groups is 1. The van der Waals surface area contributed by atoms with Crippen molar-refractivity contribution in [3.63, 3.8) is 0 Å². The minimum Gasteiger partial charge on any atom is -0.333 e. The Hall–Kier alpha value is -2.48. The van der Waals surface area contributed by atoms with Crippen molar-refractivity contribution in [1.29, 1.82) is 0 Å². The fourth-order valence-electron chi connectivity index (χ4n) is 2.16. The molecule has 0 aliphatic carbocycles. The minimum atomic E-state index is -0.952. The van der Waals surface area contributed by atoms with Crippen LogP contribution < -0.4 is 0 Å². The van der Waals surface area contributed by atoms with Crippen LogP contribution in [0.2, 0.25) is 0 Å². The van der Waals surface area contributed by atoms with Crippen LogP contribution in [-0.2, 0) is 0 Å². The van der Waals surface area contributed by atoms with Crippen molar-refractivity contribution in [2.24, 2.45) is 0 Å². The van der Waals surface area contributed by atoms with Crippen molar-refractivity contribution < 1.29 is 13.7 Å². The summed E-state index contributed by atoms with van der Waals surface area (Å²) in [5.41, 5.74) is 1.51. The number of rotatable bonds is 4. The summed E-state index contributed by atoms with van der Waals surface area (Å²) in [5.74, 6) is -1.89. The number of nitro groups is 1. The van der Waals surface area contributed by atoms with Gasteiger partial charge in [-0.2, -0.15) is 0 Å². The largest absolute Gasteiger partial charge is 0.333 e. The van der Waals surface area contributed by atoms with Crippen molar-refractivity contribution >= 4 is 28.5 Å². The van der Waals surface area contributed by atoms with Crippen molar-refractivity contribution in [1.82, 2.24) is 9.97 Å². The Morgan fingerprint density at radius 3 is 2.74 bits per heavy atom. The highest BCUT2D eigenvalue weighted by atomic mass is 32.2. The minimum absolute atomic E-state index is 0.0173. The molecule has 0 saturated heterocycles. The van der Waals surface area contributed by atoms with Gasteiger partial charge >= 0.3 is 0 Å². The third-order valence-corrected chi connectivity index (χ3v) is 4.38. The average molecular weight is 335 g/mol. The predicted molar refractivity (Wildman–Crippen MR) is 83.4 cm³/mol. The quantitative estimate of drug-likeness (QED) is 0.429. The van der Waals surface area contributed by atoms with E-state index in [0.717, 1.165) is 17.7 Å². The second-order valence-corrected chi connectivity index (χ2v) is 6.27. The Balaban J connectivity index is 1.86. The zero-order valence-electron chi connectivity index (χ0n) is 11.9. The van der Waals surface area contributed by atoms with E-state index in [9.17, 15) is 18.9 Å². The number of hydrogen-bond acceptors (Lipinski definition) is 4. The molecular formula is C15H11F2N3O2S. The molecule has 23 heavy (non-hydrogen) atoms. The van der Waals surface area contributed by atoms with Crippen LogP contribution in [0.4, 0.5) is 14.5 Å². The number of nitro benzene ring substituents is 1. The van der Waals surface area contributed by atoms with E-state index in [2.05, 4.69) is 9.97 Å². The first-order chi connectivity index (χ1) is 10.9. The van der Waals surface area contributed by atoms with Crippen LogP contribution in [0.15, 0.2) is 41.6 Å². The highest BCUT2D eigenvalue weighted by Gasteiger charge is 2.15. The summed E-state index contributed by atoms with van der Waals surface area (Å²) in [6.07, 6.45) is 0. The number of benzene rings is 2. The van der Waals surface area contributed by atoms with Crippen LogP contribution in [0.5, 0.6) is 0 Å². The van der Waals surface area contributed by atoms with Crippen LogP contribution in [0.1, 0.15) is 17.7 Å². The van der Waals surface area contributed by atoms with Gasteiger partial charge in [0.1, 0.15) is 0 Å². The highest BCUT2D eigenvalue weighted by molar-refractivity contribution is 7.99. The summed E-state index contributed by atoms with van der Waals surface area (Å²) >= 11 is 1.32. The summed E-state index contributed by atoms with van der Waals surface area (Å²) in [6.45, 7) is 1.87. The van der Waals surface area contributed by atoms with Crippen LogP contribution in [0.3, 0.4) is 0 Å². The molecule has 0 bridgehead atoms. The average Bonchev–Trinajstić information content (AvgIpc) is 2.89. The Kier molecular flexibility index (Phi) is 3.99. The fourth-order valence-corrected chi connectivity index (χ4v) is 3.10. The lowest BCUT2D eigenvalue weighted by atomic mass is 10.1. The smallest absolute Gasteiger partial charge is 0.269 e. The SMILES string of the molecule is CC(Sc1nc2cc(F)c(F)cc2[nH]1)c1cccc([N+](=O)[O-])c1. The Morgan fingerprint density at radius 1 is 1.26 bits per heavy atom. The van der Waals surface area contributed by atoms with E-state index < -0.39 is 16.6 Å². The first-order valence-corrected chi connectivity index (χ1v) is 7.58. The van der Waals surface area contributed by atoms with E-state index in [1.807, 2.05) is 6.92 Å². The molecule has 1 heterocycles. The van der Waals surface area contributed by atoms with E-state index in [1.165, 1.54) is 23.9 Å². The number of nitrogens with zero attached hydrogens (tertiary/aromatic N) is 2. The van der Waals surface area contributed by atoms with Crippen LogP contribution in [0, 0.1) is 21.7 Å². The van der Waals surface area contributed by atoms with E-state index in [0.29, 0.717) is 16.2 Å². The molecule has 5 nitrogen and oxygen atoms in total. The molecule has 0 radical (unpaired) electrons. The van der Waals surface area contributed by atoms with Crippen molar-refractivity contribution in [3.8, 4) is 0 Å². The molecule has 0 amide bonds. The van der Waals surface area contributed by atoms with Gasteiger partial charge in [0.25, 0.3) is 5.69 Å². The van der Waals surface area contributed by atoms with Gasteiger partial charge in [0.05, 0.1) is 16.0 Å². The highest BCUT2D eigenvalue weighted by Crippen LogP contribution is 2.35. The molecule has 0 aliphatic heterocycles. The molecule has 2 aromatic carbocycles. The zero-order valence-corrected chi connectivity index (χ0v) is 12.7. The first kappa shape index (κ1) is 15.4. The number of non-ortho nitro benzene ring substituents is 1. The lowest BCUT2D eigenvalue weighted by molar-refractivity contribution is -0.384. The Morgan fingerprint density at radius 2 is 2.00 bits per heavy atom. The number of H-pyrrole nitrogens is 1. The lowest BCUT2D eigenvalue weighted by Gasteiger charge is -2.09. The maximum atomic E-state index is 13.2. The molecule has 0 spiro atoms. The number of halogens is 2. The maximum Gasteiger partial charge on any atom is 0.269 e. The molecule has 0 fully saturated rings. The van der Waals surface area contributed by atoms with Gasteiger partial charge in [-0.3, -0.25) is 10.1 Å². The predicted octanol–water partition coefficient (Wildman–Crippen LogP) is 4.60. The van der Waals surface area contributed by atoms with Gasteiger partial charge in [0, 0.05) is 29.5 Å². The second-order valence-electron chi connectivity index (χ2n) is 4.94. The molecule has 1 N–H and O–H groups in total. The third-order valence-electron chi connectivity index (χ3n) is 3.34. The lowest BCUT2D eigenvalue weighted by Crippen LogP contribution is -1.93. The van der Waals surface area contributed by atoms with Crippen LogP contribution in [0.25, 0.3) is 11.0 Å². The molecule has 1 aromatic heterocycles. The standard InChI is InChI=1S/C15H11F2N3O2S/c1-8(9-3-2-4-10(5-9)20(21)22)23-15-18-13-6-11(16)12(17)7-14(13)19-15/h2-8H,1H3,(H,18,19). The number of aromatic amines is 1. The summed E-state index contributed by atoms with van der Waals surface area (Å²) in [5, 5.41) is 11.2. The van der Waals surface area contributed by atoms with Gasteiger partial charge in [0.15, 0.2) is 16.8 Å². The van der Waals surface area contributed by atoms with Crippen molar-refractivity contribution in [3.05, 3.63) is 63.7 Å². The van der Waals surface area contributed by atoms with Crippen LogP contribution in [-0.4, -0.2) is 14.9 Å². The van der Waals surface area contributed by atoms with E-state index in [1.54, 1.807) is 12.1 Å². The summed E-state index contributed by atoms with van der Waals surface area (Å²) in [4.78, 5) is 17.5. The van der Waals surface area contributed by atoms with Gasteiger partial charge in [-0.1, -0.05) is 23.9 Å². The second kappa shape index (κ2) is 5.96. The number of fused-ring (bicyclic) bond motifs is 1. The molecule has 8 heteroatoms. The summed E-state index contributed by atoms with van der Waals surface area (Å²) in [7, 11) is 0. The molecule has 118 valence electrons. The molecule has 0 aliphatic rings. The summed E-state index contributed by atoms with van der Waals surface area (Å²) < 4.78 is 26.4. The van der Waals surface area contributed by atoms with Gasteiger partial charge in [-0.05, 0) is 12.5 Å². The number of imidazole rings is 1. The van der Waals surface area contributed by atoms with Gasteiger partial charge in [-0.15, -0.1) is 0 Å². The topological polar surface area (TPSA) is 71.8 Å². The van der Waals surface area contributed by atoms with Gasteiger partial charge in [-0.25, -0.2) is 13.8 Å². The monoisotopic (exact) mass is 335 g/mol. The van der Waals surface area contributed by atoms with Gasteiger partial charge in [0.2, 0.25) is 0 Å². The summed E-state index contributed by atoms with van der Waals surface area (Å²) in [6, 6.07) is 8.41. The number of aromatic nitrogens is 2. The van der Waals surface area contributed by atoms with Gasteiger partial charge < -0.3 is 4.98 Å². The number of nitrogens with one attached hydrogen (secondary N) is 1. The molecular weight excluding hydrogens is 324 g/mol. The zero-order chi connectivity index (χ0) is 16.6. The van der Waals surface area contributed by atoms with E-state index in [-0.39, 0.29) is 10.9 Å². The van der Waals surface area contributed by atoms with Crippen molar-refractivity contribution in [2.45, 2.75) is 17.3 Å². The third kappa shape index (κ3) is 3.16. The molecule has 3 rings (SSSR count). The van der Waals surface area contributed by atoms with E-state index >= 15 is 0 Å². The number of hydrogen-bond donors (Lipinski definition) is 1.